The molecule has 4 rings (SSSR count). The van der Waals surface area contributed by atoms with Crippen LogP contribution in [0.25, 0.3) is 0 Å². The van der Waals surface area contributed by atoms with Crippen molar-refractivity contribution in [3.05, 3.63) is 53.7 Å². The van der Waals surface area contributed by atoms with Gasteiger partial charge in [0.05, 0.1) is 42.7 Å². The number of nitrogens with zero attached hydrogens (tertiary/aromatic N) is 2. The molecule has 1 aromatic heterocycles. The van der Waals surface area contributed by atoms with Crippen LogP contribution >= 0.6 is 11.6 Å². The van der Waals surface area contributed by atoms with E-state index in [0.29, 0.717) is 28.6 Å². The SMILES string of the molecule is COc1cc(NCC2CCCO2)ccc1Nc1ncc(Cl)c(Nc2ccccc2NS(C)(=O)=O)n1. The number of rotatable bonds is 10. The molecule has 0 bridgehead atoms. The predicted molar refractivity (Wildman–Crippen MR) is 139 cm³/mol. The number of halogens is 1. The largest absolute Gasteiger partial charge is 0.494 e. The summed E-state index contributed by atoms with van der Waals surface area (Å²) in [7, 11) is -1.88. The third-order valence-electron chi connectivity index (χ3n) is 5.23. The highest BCUT2D eigenvalue weighted by molar-refractivity contribution is 7.92. The molecule has 1 aliphatic rings. The van der Waals surface area contributed by atoms with Gasteiger partial charge in [0.2, 0.25) is 16.0 Å². The maximum Gasteiger partial charge on any atom is 0.229 e. The molecule has 1 atom stereocenters. The van der Waals surface area contributed by atoms with Crippen molar-refractivity contribution in [1.29, 1.82) is 0 Å². The monoisotopic (exact) mass is 518 g/mol. The van der Waals surface area contributed by atoms with Gasteiger partial charge in [-0.25, -0.2) is 13.4 Å². The molecule has 12 heteroatoms. The lowest BCUT2D eigenvalue weighted by molar-refractivity contribution is 0.120. The van der Waals surface area contributed by atoms with E-state index in [9.17, 15) is 8.42 Å². The molecule has 0 saturated carbocycles. The summed E-state index contributed by atoms with van der Waals surface area (Å²) in [5.74, 6) is 1.20. The minimum atomic E-state index is -3.47. The Morgan fingerprint density at radius 2 is 1.94 bits per heavy atom. The highest BCUT2D eigenvalue weighted by Crippen LogP contribution is 2.32. The summed E-state index contributed by atoms with van der Waals surface area (Å²) < 4.78 is 37.1. The zero-order valence-electron chi connectivity index (χ0n) is 19.3. The molecule has 1 aliphatic heterocycles. The van der Waals surface area contributed by atoms with Gasteiger partial charge in [0.1, 0.15) is 10.8 Å². The number of ether oxygens (including phenoxy) is 2. The molecular weight excluding hydrogens is 492 g/mol. The van der Waals surface area contributed by atoms with E-state index in [1.54, 1.807) is 31.4 Å². The fraction of sp³-hybridized carbons (Fsp3) is 0.304. The Bertz CT molecular complexity index is 1280. The Morgan fingerprint density at radius 3 is 2.66 bits per heavy atom. The van der Waals surface area contributed by atoms with Crippen LogP contribution in [0.4, 0.5) is 34.5 Å². The molecule has 0 aliphatic carbocycles. The number of aromatic nitrogens is 2. The van der Waals surface area contributed by atoms with Crippen LogP contribution in [0.2, 0.25) is 5.02 Å². The molecular formula is C23H27ClN6O4S. The molecule has 2 heterocycles. The Hall–Kier alpha value is -3.28. The molecule has 1 fully saturated rings. The molecule has 186 valence electrons. The second-order valence-electron chi connectivity index (χ2n) is 7.99. The Balaban J connectivity index is 1.50. The smallest absolute Gasteiger partial charge is 0.229 e. The van der Waals surface area contributed by atoms with Gasteiger partial charge >= 0.3 is 0 Å². The highest BCUT2D eigenvalue weighted by atomic mass is 35.5. The lowest BCUT2D eigenvalue weighted by Crippen LogP contribution is -2.18. The summed E-state index contributed by atoms with van der Waals surface area (Å²) in [6.45, 7) is 1.55. The molecule has 3 aromatic rings. The average molecular weight is 519 g/mol. The normalized spacial score (nSPS) is 15.5. The van der Waals surface area contributed by atoms with Crippen LogP contribution in [-0.2, 0) is 14.8 Å². The first-order valence-corrected chi connectivity index (χ1v) is 13.2. The van der Waals surface area contributed by atoms with Crippen LogP contribution in [0, 0.1) is 0 Å². The molecule has 4 N–H and O–H groups in total. The van der Waals surface area contributed by atoms with Crippen molar-refractivity contribution < 1.29 is 17.9 Å². The van der Waals surface area contributed by atoms with Gasteiger partial charge in [-0.3, -0.25) is 4.72 Å². The Morgan fingerprint density at radius 1 is 1.14 bits per heavy atom. The number of hydrogen-bond acceptors (Lipinski definition) is 9. The van der Waals surface area contributed by atoms with E-state index in [-0.39, 0.29) is 17.1 Å². The van der Waals surface area contributed by atoms with E-state index < -0.39 is 10.0 Å². The molecule has 0 spiro atoms. The number of benzene rings is 2. The van der Waals surface area contributed by atoms with Crippen molar-refractivity contribution in [3.8, 4) is 5.75 Å². The van der Waals surface area contributed by atoms with E-state index in [2.05, 4.69) is 30.6 Å². The number of sulfonamides is 1. The van der Waals surface area contributed by atoms with Gasteiger partial charge < -0.3 is 25.4 Å². The summed E-state index contributed by atoms with van der Waals surface area (Å²) in [4.78, 5) is 8.71. The predicted octanol–water partition coefficient (Wildman–Crippen LogP) is 4.59. The molecule has 1 saturated heterocycles. The fourth-order valence-electron chi connectivity index (χ4n) is 3.59. The summed E-state index contributed by atoms with van der Waals surface area (Å²) in [6, 6.07) is 12.5. The van der Waals surface area contributed by atoms with Gasteiger partial charge in [-0.15, -0.1) is 0 Å². The first-order valence-electron chi connectivity index (χ1n) is 11.0. The zero-order chi connectivity index (χ0) is 24.8. The summed E-state index contributed by atoms with van der Waals surface area (Å²) in [5.41, 5.74) is 2.44. The van der Waals surface area contributed by atoms with Crippen LogP contribution < -0.4 is 25.4 Å². The van der Waals surface area contributed by atoms with Crippen LogP contribution in [0.15, 0.2) is 48.7 Å². The van der Waals surface area contributed by atoms with Gasteiger partial charge in [-0.05, 0) is 37.1 Å². The molecule has 2 aromatic carbocycles. The number of anilines is 6. The Kier molecular flexibility index (Phi) is 7.79. The molecule has 35 heavy (non-hydrogen) atoms. The van der Waals surface area contributed by atoms with E-state index in [1.807, 2.05) is 18.2 Å². The quantitative estimate of drug-likeness (QED) is 0.305. The van der Waals surface area contributed by atoms with Crippen molar-refractivity contribution in [2.45, 2.75) is 18.9 Å². The van der Waals surface area contributed by atoms with Gasteiger partial charge in [0.15, 0.2) is 5.82 Å². The first kappa shape index (κ1) is 24.8. The average Bonchev–Trinajstić information content (AvgIpc) is 3.34. The van der Waals surface area contributed by atoms with E-state index in [4.69, 9.17) is 21.1 Å². The molecule has 0 radical (unpaired) electrons. The zero-order valence-corrected chi connectivity index (χ0v) is 20.9. The van der Waals surface area contributed by atoms with Crippen LogP contribution in [0.5, 0.6) is 5.75 Å². The second kappa shape index (κ2) is 11.0. The van der Waals surface area contributed by atoms with Crippen LogP contribution in [0.3, 0.4) is 0 Å². The molecule has 0 amide bonds. The van der Waals surface area contributed by atoms with Crippen LogP contribution in [-0.4, -0.2) is 51.0 Å². The van der Waals surface area contributed by atoms with Gasteiger partial charge in [0, 0.05) is 24.9 Å². The topological polar surface area (TPSA) is 126 Å². The fourth-order valence-corrected chi connectivity index (χ4v) is 4.30. The van der Waals surface area contributed by atoms with E-state index >= 15 is 0 Å². The maximum absolute atomic E-state index is 11.7. The van der Waals surface area contributed by atoms with Gasteiger partial charge in [0.25, 0.3) is 0 Å². The first-order chi connectivity index (χ1) is 16.8. The number of hydrogen-bond donors (Lipinski definition) is 4. The van der Waals surface area contributed by atoms with Crippen molar-refractivity contribution in [1.82, 2.24) is 9.97 Å². The molecule has 10 nitrogen and oxygen atoms in total. The molecule has 1 unspecified atom stereocenters. The minimum absolute atomic E-state index is 0.227. The number of methoxy groups -OCH3 is 1. The van der Waals surface area contributed by atoms with Crippen LogP contribution in [0.1, 0.15) is 12.8 Å². The highest BCUT2D eigenvalue weighted by Gasteiger charge is 2.16. The number of nitrogens with one attached hydrogen (secondary N) is 4. The number of para-hydroxylation sites is 2. The lowest BCUT2D eigenvalue weighted by atomic mass is 10.2. The maximum atomic E-state index is 11.7. The third-order valence-corrected chi connectivity index (χ3v) is 6.09. The van der Waals surface area contributed by atoms with Gasteiger partial charge in [-0.1, -0.05) is 23.7 Å². The summed E-state index contributed by atoms with van der Waals surface area (Å²) >= 11 is 6.31. The third kappa shape index (κ3) is 6.87. The second-order valence-corrected chi connectivity index (χ2v) is 10.1. The van der Waals surface area contributed by atoms with E-state index in [0.717, 1.165) is 37.9 Å². The standard InChI is InChI=1S/C23H27ClN6O4S/c1-33-21-12-15(25-13-16-6-5-11-34-16)9-10-20(21)28-23-26-14-17(24)22(29-23)27-18-7-3-4-8-19(18)30-35(2,31)32/h3-4,7-10,12,14,16,25,30H,5-6,11,13H2,1-2H3,(H2,26,27,28,29). The van der Waals surface area contributed by atoms with E-state index in [1.165, 1.54) is 6.20 Å². The summed E-state index contributed by atoms with van der Waals surface area (Å²) in [5, 5.41) is 9.86. The summed E-state index contributed by atoms with van der Waals surface area (Å²) in [6.07, 6.45) is 4.92. The minimum Gasteiger partial charge on any atom is -0.494 e. The van der Waals surface area contributed by atoms with Crippen molar-refractivity contribution >= 4 is 56.1 Å². The lowest BCUT2D eigenvalue weighted by Gasteiger charge is -2.16. The van der Waals surface area contributed by atoms with Crippen molar-refractivity contribution in [2.24, 2.45) is 0 Å². The van der Waals surface area contributed by atoms with Crippen molar-refractivity contribution in [3.63, 3.8) is 0 Å². The van der Waals surface area contributed by atoms with Gasteiger partial charge in [-0.2, -0.15) is 4.98 Å². The Labute approximate surface area is 209 Å². The van der Waals surface area contributed by atoms with Crippen molar-refractivity contribution in [2.75, 3.05) is 47.2 Å².